The molecular formula is C23H33N5O3. The molecule has 1 aliphatic heterocycles. The van der Waals surface area contributed by atoms with Crippen LogP contribution < -0.4 is 20.7 Å². The van der Waals surface area contributed by atoms with E-state index < -0.39 is 0 Å². The second kappa shape index (κ2) is 12.0. The molecule has 2 heterocycles. The number of hydrogen-bond acceptors (Lipinski definition) is 5. The fourth-order valence-corrected chi connectivity index (χ4v) is 3.71. The zero-order valence-electron chi connectivity index (χ0n) is 18.4. The maximum absolute atomic E-state index is 12.2. The molecule has 3 rings (SSSR count). The summed E-state index contributed by atoms with van der Waals surface area (Å²) in [7, 11) is 3.33. The number of carbonyl (C=O) groups is 1. The molecule has 0 saturated carbocycles. The van der Waals surface area contributed by atoms with E-state index in [4.69, 9.17) is 9.15 Å². The highest BCUT2D eigenvalue weighted by Gasteiger charge is 2.24. The van der Waals surface area contributed by atoms with E-state index in [1.54, 1.807) is 20.4 Å². The maximum atomic E-state index is 12.2. The Kier molecular flexibility index (Phi) is 8.78. The Morgan fingerprint density at radius 1 is 1.13 bits per heavy atom. The van der Waals surface area contributed by atoms with Gasteiger partial charge >= 0.3 is 0 Å². The van der Waals surface area contributed by atoms with Gasteiger partial charge in [0, 0.05) is 20.1 Å². The Bertz CT molecular complexity index is 814. The highest BCUT2D eigenvalue weighted by atomic mass is 16.5. The smallest absolute Gasteiger partial charge is 0.239 e. The number of amides is 1. The topological polar surface area (TPSA) is 91.1 Å². The molecule has 1 aliphatic rings. The number of likely N-dealkylation sites (tertiary alicyclic amines) is 1. The molecule has 8 nitrogen and oxygen atoms in total. The molecule has 2 aromatic rings. The van der Waals surface area contributed by atoms with Crippen molar-refractivity contribution < 1.29 is 13.9 Å². The summed E-state index contributed by atoms with van der Waals surface area (Å²) in [6.07, 6.45) is 5.41. The minimum absolute atomic E-state index is 0.0996. The molecule has 1 fully saturated rings. The van der Waals surface area contributed by atoms with Gasteiger partial charge in [0.2, 0.25) is 5.91 Å². The highest BCUT2D eigenvalue weighted by Crippen LogP contribution is 2.24. The van der Waals surface area contributed by atoms with Crippen LogP contribution in [0, 0.1) is 0 Å². The molecule has 1 unspecified atom stereocenters. The lowest BCUT2D eigenvalue weighted by Crippen LogP contribution is -2.46. The summed E-state index contributed by atoms with van der Waals surface area (Å²) in [5, 5.41) is 9.33. The quantitative estimate of drug-likeness (QED) is 0.420. The molecule has 31 heavy (non-hydrogen) atoms. The monoisotopic (exact) mass is 427 g/mol. The molecule has 1 aromatic carbocycles. The van der Waals surface area contributed by atoms with Gasteiger partial charge < -0.3 is 25.1 Å². The van der Waals surface area contributed by atoms with Gasteiger partial charge in [0.1, 0.15) is 11.5 Å². The summed E-state index contributed by atoms with van der Waals surface area (Å²) in [6, 6.07) is 11.7. The fourth-order valence-electron chi connectivity index (χ4n) is 3.71. The molecule has 1 atom stereocenters. The Balaban J connectivity index is 1.44. The van der Waals surface area contributed by atoms with E-state index in [9.17, 15) is 4.79 Å². The number of nitrogens with one attached hydrogen (secondary N) is 3. The van der Waals surface area contributed by atoms with Crippen LogP contribution in [0.25, 0.3) is 0 Å². The molecule has 1 saturated heterocycles. The van der Waals surface area contributed by atoms with Crippen LogP contribution >= 0.6 is 0 Å². The van der Waals surface area contributed by atoms with E-state index in [1.165, 1.54) is 19.3 Å². The molecule has 0 radical (unpaired) electrons. The van der Waals surface area contributed by atoms with E-state index >= 15 is 0 Å². The number of carbonyl (C=O) groups excluding carboxylic acids is 1. The standard InChI is InChI=1S/C23H33N5O3/c1-24-23(27-17-22(29)25-15-18-8-10-19(30-2)11-9-18)26-16-20(21-7-6-14-31-21)28-12-4-3-5-13-28/h6-11,14,20H,3-5,12-13,15-17H2,1-2H3,(H,25,29)(H2,24,26,27). The molecule has 1 amide bonds. The first-order valence-corrected chi connectivity index (χ1v) is 10.8. The van der Waals surface area contributed by atoms with Gasteiger partial charge in [-0.05, 0) is 55.8 Å². The van der Waals surface area contributed by atoms with E-state index in [0.717, 1.165) is 30.2 Å². The zero-order chi connectivity index (χ0) is 21.9. The van der Waals surface area contributed by atoms with Crippen LogP contribution in [0.3, 0.4) is 0 Å². The van der Waals surface area contributed by atoms with Gasteiger partial charge in [-0.15, -0.1) is 0 Å². The van der Waals surface area contributed by atoms with Crippen molar-refractivity contribution in [2.45, 2.75) is 31.8 Å². The number of ether oxygens (including phenoxy) is 1. The van der Waals surface area contributed by atoms with Crippen LogP contribution in [0.15, 0.2) is 52.1 Å². The number of nitrogens with zero attached hydrogens (tertiary/aromatic N) is 2. The summed E-state index contributed by atoms with van der Waals surface area (Å²) in [5.74, 6) is 2.23. The van der Waals surface area contributed by atoms with Crippen molar-refractivity contribution in [1.29, 1.82) is 0 Å². The number of hydrogen-bond donors (Lipinski definition) is 3. The van der Waals surface area contributed by atoms with Crippen LogP contribution in [0.2, 0.25) is 0 Å². The lowest BCUT2D eigenvalue weighted by atomic mass is 10.1. The lowest BCUT2D eigenvalue weighted by molar-refractivity contribution is -0.120. The molecule has 0 aliphatic carbocycles. The summed E-state index contributed by atoms with van der Waals surface area (Å²) in [4.78, 5) is 18.9. The Morgan fingerprint density at radius 2 is 1.90 bits per heavy atom. The normalized spacial score (nSPS) is 15.9. The van der Waals surface area contributed by atoms with Gasteiger partial charge in [-0.25, -0.2) is 0 Å². The third-order valence-electron chi connectivity index (χ3n) is 5.45. The van der Waals surface area contributed by atoms with Crippen molar-refractivity contribution in [2.24, 2.45) is 4.99 Å². The summed E-state index contributed by atoms with van der Waals surface area (Å²) in [5.41, 5.74) is 1.01. The minimum Gasteiger partial charge on any atom is -0.497 e. The van der Waals surface area contributed by atoms with Crippen molar-refractivity contribution in [3.05, 3.63) is 54.0 Å². The van der Waals surface area contributed by atoms with Crippen LogP contribution in [-0.2, 0) is 11.3 Å². The number of piperidine rings is 1. The average Bonchev–Trinajstić information content (AvgIpc) is 3.35. The number of rotatable bonds is 9. The number of furan rings is 1. The first-order chi connectivity index (χ1) is 15.2. The maximum Gasteiger partial charge on any atom is 0.239 e. The number of guanidine groups is 1. The zero-order valence-corrected chi connectivity index (χ0v) is 18.4. The fraction of sp³-hybridized carbons (Fsp3) is 0.478. The second-order valence-electron chi connectivity index (χ2n) is 7.56. The van der Waals surface area contributed by atoms with Crippen LogP contribution in [0.4, 0.5) is 0 Å². The van der Waals surface area contributed by atoms with Crippen LogP contribution in [0.1, 0.15) is 36.6 Å². The Labute approximate surface area is 184 Å². The van der Waals surface area contributed by atoms with Gasteiger partial charge in [-0.3, -0.25) is 14.7 Å². The molecule has 8 heteroatoms. The third-order valence-corrected chi connectivity index (χ3v) is 5.45. The van der Waals surface area contributed by atoms with Gasteiger partial charge in [0.25, 0.3) is 0 Å². The van der Waals surface area contributed by atoms with Crippen molar-refractivity contribution >= 4 is 11.9 Å². The third kappa shape index (κ3) is 7.03. The minimum atomic E-state index is -0.0996. The van der Waals surface area contributed by atoms with E-state index in [0.29, 0.717) is 19.0 Å². The predicted octanol–water partition coefficient (Wildman–Crippen LogP) is 2.30. The van der Waals surface area contributed by atoms with Crippen molar-refractivity contribution in [3.8, 4) is 5.75 Å². The number of aliphatic imine (C=N–C) groups is 1. The second-order valence-corrected chi connectivity index (χ2v) is 7.56. The number of methoxy groups -OCH3 is 1. The van der Waals surface area contributed by atoms with Crippen molar-refractivity contribution in [2.75, 3.05) is 40.3 Å². The lowest BCUT2D eigenvalue weighted by Gasteiger charge is -2.33. The SMILES string of the molecule is CN=C(NCC(=O)NCc1ccc(OC)cc1)NCC(c1ccco1)N1CCCCC1. The van der Waals surface area contributed by atoms with E-state index in [2.05, 4.69) is 25.8 Å². The molecular weight excluding hydrogens is 394 g/mol. The summed E-state index contributed by atoms with van der Waals surface area (Å²) >= 11 is 0. The van der Waals surface area contributed by atoms with Gasteiger partial charge in [0.05, 0.1) is 26.0 Å². The van der Waals surface area contributed by atoms with Gasteiger partial charge in [-0.1, -0.05) is 18.6 Å². The Morgan fingerprint density at radius 3 is 2.55 bits per heavy atom. The molecule has 0 bridgehead atoms. The largest absolute Gasteiger partial charge is 0.497 e. The average molecular weight is 428 g/mol. The first kappa shape index (κ1) is 22.7. The van der Waals surface area contributed by atoms with Crippen molar-refractivity contribution in [1.82, 2.24) is 20.9 Å². The summed E-state index contributed by atoms with van der Waals surface area (Å²) < 4.78 is 10.8. The van der Waals surface area contributed by atoms with E-state index in [-0.39, 0.29) is 18.5 Å². The molecule has 168 valence electrons. The van der Waals surface area contributed by atoms with Gasteiger partial charge in [-0.2, -0.15) is 0 Å². The molecule has 3 N–H and O–H groups in total. The van der Waals surface area contributed by atoms with Gasteiger partial charge in [0.15, 0.2) is 5.96 Å². The van der Waals surface area contributed by atoms with E-state index in [1.807, 2.05) is 36.4 Å². The molecule has 1 aromatic heterocycles. The van der Waals surface area contributed by atoms with Crippen molar-refractivity contribution in [3.63, 3.8) is 0 Å². The predicted molar refractivity (Wildman–Crippen MR) is 121 cm³/mol. The highest BCUT2D eigenvalue weighted by molar-refractivity contribution is 5.86. The molecule has 0 spiro atoms. The van der Waals surface area contributed by atoms with Crippen LogP contribution in [-0.4, -0.2) is 57.1 Å². The first-order valence-electron chi connectivity index (χ1n) is 10.8. The Hall–Kier alpha value is -3.00. The van der Waals surface area contributed by atoms with Crippen LogP contribution in [0.5, 0.6) is 5.75 Å². The summed E-state index contributed by atoms with van der Waals surface area (Å²) in [6.45, 7) is 3.39. The number of benzene rings is 1.